The smallest absolute Gasteiger partial charge is 0.352 e. The van der Waals surface area contributed by atoms with E-state index in [2.05, 4.69) is 15.6 Å². The van der Waals surface area contributed by atoms with Crippen molar-refractivity contribution in [2.45, 2.75) is 19.3 Å². The highest BCUT2D eigenvalue weighted by atomic mass is 19.4. The van der Waals surface area contributed by atoms with E-state index in [-0.39, 0.29) is 5.82 Å². The van der Waals surface area contributed by atoms with Gasteiger partial charge in [-0.25, -0.2) is 4.39 Å². The highest BCUT2D eigenvalue weighted by molar-refractivity contribution is 5.79. The van der Waals surface area contributed by atoms with Crippen LogP contribution in [0.2, 0.25) is 0 Å². The van der Waals surface area contributed by atoms with E-state index in [1.165, 1.54) is 24.3 Å². The molecule has 128 valence electrons. The summed E-state index contributed by atoms with van der Waals surface area (Å²) in [5.74, 6) is 0.197. The molecule has 2 N–H and O–H groups in total. The Morgan fingerprint density at radius 1 is 0.875 bits per heavy atom. The summed E-state index contributed by atoms with van der Waals surface area (Å²) in [6, 6.07) is 11.0. The van der Waals surface area contributed by atoms with Crippen LogP contribution >= 0.6 is 0 Å². The molecule has 3 nitrogen and oxygen atoms in total. The van der Waals surface area contributed by atoms with Gasteiger partial charge in [-0.2, -0.15) is 13.2 Å². The highest BCUT2D eigenvalue weighted by Crippen LogP contribution is 2.28. The van der Waals surface area contributed by atoms with Crippen LogP contribution in [0.1, 0.15) is 16.7 Å². The molecule has 0 aliphatic heterocycles. The molecular weight excluding hydrogens is 322 g/mol. The molecule has 2 aromatic rings. The average molecular weight is 339 g/mol. The van der Waals surface area contributed by atoms with Gasteiger partial charge in [0.2, 0.25) is 0 Å². The largest absolute Gasteiger partial charge is 0.416 e. The van der Waals surface area contributed by atoms with Crippen LogP contribution < -0.4 is 10.6 Å². The molecule has 0 saturated carbocycles. The zero-order valence-electron chi connectivity index (χ0n) is 13.0. The molecule has 0 aromatic heterocycles. The lowest BCUT2D eigenvalue weighted by atomic mass is 10.1. The molecule has 0 aliphatic carbocycles. The van der Waals surface area contributed by atoms with Crippen LogP contribution in [0, 0.1) is 5.82 Å². The number of alkyl halides is 3. The van der Waals surface area contributed by atoms with Crippen molar-refractivity contribution in [3.8, 4) is 0 Å². The second-order valence-corrected chi connectivity index (χ2v) is 5.10. The summed E-state index contributed by atoms with van der Waals surface area (Å²) in [5.41, 5.74) is 0.909. The van der Waals surface area contributed by atoms with Gasteiger partial charge in [-0.1, -0.05) is 24.3 Å². The van der Waals surface area contributed by atoms with E-state index < -0.39 is 11.7 Å². The molecule has 24 heavy (non-hydrogen) atoms. The minimum atomic E-state index is -4.33. The SMILES string of the molecule is CN=C(NCc1ccc(F)cc1)NCc1ccc(C(F)(F)F)cc1. The number of hydrogen-bond acceptors (Lipinski definition) is 1. The van der Waals surface area contributed by atoms with Crippen molar-refractivity contribution >= 4 is 5.96 Å². The molecule has 0 bridgehead atoms. The first kappa shape index (κ1) is 17.8. The summed E-state index contributed by atoms with van der Waals surface area (Å²) in [7, 11) is 1.59. The molecule has 0 aliphatic rings. The highest BCUT2D eigenvalue weighted by Gasteiger charge is 2.29. The Kier molecular flexibility index (Phi) is 5.78. The number of nitrogens with zero attached hydrogens (tertiary/aromatic N) is 1. The topological polar surface area (TPSA) is 36.4 Å². The number of hydrogen-bond donors (Lipinski definition) is 2. The van der Waals surface area contributed by atoms with Crippen molar-refractivity contribution in [3.05, 3.63) is 71.0 Å². The summed E-state index contributed by atoms with van der Waals surface area (Å²) in [4.78, 5) is 4.03. The lowest BCUT2D eigenvalue weighted by molar-refractivity contribution is -0.137. The number of nitrogens with one attached hydrogen (secondary N) is 2. The van der Waals surface area contributed by atoms with Gasteiger partial charge in [0.15, 0.2) is 5.96 Å². The minimum absolute atomic E-state index is 0.302. The quantitative estimate of drug-likeness (QED) is 0.506. The lowest BCUT2D eigenvalue weighted by Crippen LogP contribution is -2.36. The van der Waals surface area contributed by atoms with Gasteiger partial charge in [-0.3, -0.25) is 4.99 Å². The maximum atomic E-state index is 12.8. The molecule has 0 amide bonds. The number of benzene rings is 2. The number of aliphatic imine (C=N–C) groups is 1. The fourth-order valence-corrected chi connectivity index (χ4v) is 2.01. The van der Waals surface area contributed by atoms with E-state index in [1.807, 2.05) is 0 Å². The van der Waals surface area contributed by atoms with Gasteiger partial charge in [0.1, 0.15) is 5.82 Å². The second kappa shape index (κ2) is 7.81. The van der Waals surface area contributed by atoms with Gasteiger partial charge >= 0.3 is 6.18 Å². The molecule has 0 spiro atoms. The fourth-order valence-electron chi connectivity index (χ4n) is 2.01. The van der Waals surface area contributed by atoms with Crippen molar-refractivity contribution in [1.82, 2.24) is 10.6 Å². The first-order valence-corrected chi connectivity index (χ1v) is 7.23. The van der Waals surface area contributed by atoms with Crippen LogP contribution in [0.25, 0.3) is 0 Å². The van der Waals surface area contributed by atoms with Gasteiger partial charge in [0.25, 0.3) is 0 Å². The Morgan fingerprint density at radius 2 is 1.33 bits per heavy atom. The fraction of sp³-hybridized carbons (Fsp3) is 0.235. The summed E-state index contributed by atoms with van der Waals surface area (Å²) < 4.78 is 50.4. The first-order valence-electron chi connectivity index (χ1n) is 7.23. The lowest BCUT2D eigenvalue weighted by Gasteiger charge is -2.13. The van der Waals surface area contributed by atoms with Gasteiger partial charge in [0, 0.05) is 20.1 Å². The van der Waals surface area contributed by atoms with E-state index in [4.69, 9.17) is 0 Å². The molecule has 0 unspecified atom stereocenters. The molecular formula is C17H17F4N3. The number of guanidine groups is 1. The minimum Gasteiger partial charge on any atom is -0.352 e. The average Bonchev–Trinajstić information content (AvgIpc) is 2.56. The maximum Gasteiger partial charge on any atom is 0.416 e. The monoisotopic (exact) mass is 339 g/mol. The van der Waals surface area contributed by atoms with Crippen molar-refractivity contribution in [1.29, 1.82) is 0 Å². The molecule has 0 fully saturated rings. The zero-order chi connectivity index (χ0) is 17.6. The van der Waals surface area contributed by atoms with Crippen LogP contribution in [0.4, 0.5) is 17.6 Å². The standard InChI is InChI=1S/C17H17F4N3/c1-22-16(24-11-13-4-8-15(18)9-5-13)23-10-12-2-6-14(7-3-12)17(19,20)21/h2-9H,10-11H2,1H3,(H2,22,23,24). The summed E-state index contributed by atoms with van der Waals surface area (Å²) >= 11 is 0. The van der Waals surface area contributed by atoms with Crippen LogP contribution in [-0.4, -0.2) is 13.0 Å². The first-order chi connectivity index (χ1) is 11.4. The summed E-state index contributed by atoms with van der Waals surface area (Å²) in [6.45, 7) is 0.786. The zero-order valence-corrected chi connectivity index (χ0v) is 13.0. The third-order valence-electron chi connectivity index (χ3n) is 3.34. The maximum absolute atomic E-state index is 12.8. The van der Waals surface area contributed by atoms with Crippen molar-refractivity contribution in [3.63, 3.8) is 0 Å². The van der Waals surface area contributed by atoms with Crippen LogP contribution in [0.15, 0.2) is 53.5 Å². The molecule has 0 heterocycles. The van der Waals surface area contributed by atoms with E-state index in [1.54, 1.807) is 19.2 Å². The van der Waals surface area contributed by atoms with E-state index in [0.29, 0.717) is 24.6 Å². The number of rotatable bonds is 4. The molecule has 2 rings (SSSR count). The van der Waals surface area contributed by atoms with Crippen molar-refractivity contribution < 1.29 is 17.6 Å². The molecule has 0 atom stereocenters. The third-order valence-corrected chi connectivity index (χ3v) is 3.34. The predicted molar refractivity (Wildman–Crippen MR) is 84.9 cm³/mol. The van der Waals surface area contributed by atoms with Crippen LogP contribution in [0.5, 0.6) is 0 Å². The van der Waals surface area contributed by atoms with Gasteiger partial charge in [0.05, 0.1) is 5.56 Å². The Balaban J connectivity index is 1.86. The molecule has 7 heteroatoms. The summed E-state index contributed by atoms with van der Waals surface area (Å²) in [5, 5.41) is 6.06. The van der Waals surface area contributed by atoms with E-state index in [0.717, 1.165) is 17.7 Å². The van der Waals surface area contributed by atoms with Gasteiger partial charge in [-0.15, -0.1) is 0 Å². The molecule has 2 aromatic carbocycles. The molecule has 0 radical (unpaired) electrons. The van der Waals surface area contributed by atoms with E-state index in [9.17, 15) is 17.6 Å². The van der Waals surface area contributed by atoms with E-state index >= 15 is 0 Å². The Hall–Kier alpha value is -2.57. The van der Waals surface area contributed by atoms with Crippen LogP contribution in [-0.2, 0) is 19.3 Å². The predicted octanol–water partition coefficient (Wildman–Crippen LogP) is 3.71. The van der Waals surface area contributed by atoms with Gasteiger partial charge < -0.3 is 10.6 Å². The third kappa shape index (κ3) is 5.26. The Bertz CT molecular complexity index is 676. The molecule has 0 saturated heterocycles. The summed E-state index contributed by atoms with van der Waals surface area (Å²) in [6.07, 6.45) is -4.33. The van der Waals surface area contributed by atoms with Crippen molar-refractivity contribution in [2.75, 3.05) is 7.05 Å². The van der Waals surface area contributed by atoms with Gasteiger partial charge in [-0.05, 0) is 35.4 Å². The Morgan fingerprint density at radius 3 is 1.75 bits per heavy atom. The van der Waals surface area contributed by atoms with Crippen molar-refractivity contribution in [2.24, 2.45) is 4.99 Å². The Labute approximate surface area is 137 Å². The number of halogens is 4. The normalized spacial score (nSPS) is 12.1. The van der Waals surface area contributed by atoms with Crippen LogP contribution in [0.3, 0.4) is 0 Å². The second-order valence-electron chi connectivity index (χ2n) is 5.10.